The van der Waals surface area contributed by atoms with E-state index in [1.807, 2.05) is 6.07 Å². The van der Waals surface area contributed by atoms with E-state index in [0.717, 1.165) is 37.9 Å². The Morgan fingerprint density at radius 3 is 2.58 bits per heavy atom. The highest BCUT2D eigenvalue weighted by Gasteiger charge is 2.21. The quantitative estimate of drug-likeness (QED) is 0.891. The number of aromatic hydroxyl groups is 1. The maximum atomic E-state index is 10.3. The van der Waals surface area contributed by atoms with Crippen molar-refractivity contribution in [2.75, 3.05) is 27.3 Å². The van der Waals surface area contributed by atoms with Crippen molar-refractivity contribution in [3.63, 3.8) is 0 Å². The first-order chi connectivity index (χ1) is 9.17. The predicted octanol–water partition coefficient (Wildman–Crippen LogP) is 2.71. The molecule has 19 heavy (non-hydrogen) atoms. The van der Waals surface area contributed by atoms with Crippen LogP contribution >= 0.6 is 15.9 Å². The lowest BCUT2D eigenvalue weighted by Crippen LogP contribution is -2.28. The summed E-state index contributed by atoms with van der Waals surface area (Å²) in [4.78, 5) is 0. The molecule has 0 saturated carbocycles. The molecule has 0 atom stereocenters. The third-order valence-electron chi connectivity index (χ3n) is 3.63. The minimum absolute atomic E-state index is 0.260. The van der Waals surface area contributed by atoms with Gasteiger partial charge in [0.15, 0.2) is 11.5 Å². The van der Waals surface area contributed by atoms with E-state index in [0.29, 0.717) is 21.9 Å². The Morgan fingerprint density at radius 2 is 2.00 bits per heavy atom. The van der Waals surface area contributed by atoms with Crippen LogP contribution in [0.3, 0.4) is 0 Å². The summed E-state index contributed by atoms with van der Waals surface area (Å²) in [5.74, 6) is 2.05. The maximum Gasteiger partial charge on any atom is 0.178 e. The second kappa shape index (κ2) is 6.48. The van der Waals surface area contributed by atoms with Gasteiger partial charge in [0.05, 0.1) is 14.2 Å². The van der Waals surface area contributed by atoms with Gasteiger partial charge in [0, 0.05) is 0 Å². The van der Waals surface area contributed by atoms with Gasteiger partial charge in [-0.2, -0.15) is 0 Å². The molecule has 2 rings (SSSR count). The fourth-order valence-corrected chi connectivity index (χ4v) is 3.15. The fourth-order valence-electron chi connectivity index (χ4n) is 2.54. The Labute approximate surface area is 122 Å². The topological polar surface area (TPSA) is 50.7 Å². The monoisotopic (exact) mass is 329 g/mol. The van der Waals surface area contributed by atoms with Crippen molar-refractivity contribution in [1.29, 1.82) is 0 Å². The molecular weight excluding hydrogens is 310 g/mol. The van der Waals surface area contributed by atoms with Crippen molar-refractivity contribution >= 4 is 15.9 Å². The zero-order valence-electron chi connectivity index (χ0n) is 11.3. The van der Waals surface area contributed by atoms with Gasteiger partial charge in [0.2, 0.25) is 0 Å². The van der Waals surface area contributed by atoms with E-state index in [2.05, 4.69) is 21.2 Å². The first-order valence-electron chi connectivity index (χ1n) is 6.50. The molecular formula is C14H20BrNO3. The van der Waals surface area contributed by atoms with Crippen LogP contribution in [0.5, 0.6) is 17.2 Å². The Bertz CT molecular complexity index is 445. The van der Waals surface area contributed by atoms with Crippen LogP contribution in [0.15, 0.2) is 10.5 Å². The van der Waals surface area contributed by atoms with Crippen molar-refractivity contribution in [1.82, 2.24) is 5.32 Å². The van der Waals surface area contributed by atoms with Crippen LogP contribution in [0, 0.1) is 5.92 Å². The van der Waals surface area contributed by atoms with Crippen LogP contribution in [0.4, 0.5) is 0 Å². The lowest BCUT2D eigenvalue weighted by Gasteiger charge is -2.23. The van der Waals surface area contributed by atoms with Gasteiger partial charge < -0.3 is 19.9 Å². The lowest BCUT2D eigenvalue weighted by atomic mass is 9.90. The lowest BCUT2D eigenvalue weighted by molar-refractivity contribution is 0.342. The smallest absolute Gasteiger partial charge is 0.178 e. The van der Waals surface area contributed by atoms with Crippen LogP contribution in [-0.2, 0) is 6.42 Å². The standard InChI is InChI=1S/C14H20BrNO3/c1-18-11-8-10(7-9-3-5-16-6-4-9)13(17)12(15)14(11)19-2/h8-9,16-17H,3-7H2,1-2H3. The normalized spacial score (nSPS) is 16.4. The van der Waals surface area contributed by atoms with Gasteiger partial charge in [-0.25, -0.2) is 0 Å². The van der Waals surface area contributed by atoms with Crippen molar-refractivity contribution in [2.24, 2.45) is 5.92 Å². The molecule has 1 aromatic rings. The summed E-state index contributed by atoms with van der Waals surface area (Å²) in [5, 5.41) is 13.6. The average molecular weight is 330 g/mol. The van der Waals surface area contributed by atoms with Gasteiger partial charge >= 0.3 is 0 Å². The number of hydrogen-bond acceptors (Lipinski definition) is 4. The first kappa shape index (κ1) is 14.5. The molecule has 4 nitrogen and oxygen atoms in total. The highest BCUT2D eigenvalue weighted by Crippen LogP contribution is 2.44. The van der Waals surface area contributed by atoms with Crippen molar-refractivity contribution < 1.29 is 14.6 Å². The van der Waals surface area contributed by atoms with E-state index in [4.69, 9.17) is 9.47 Å². The molecule has 0 unspecified atom stereocenters. The summed E-state index contributed by atoms with van der Waals surface area (Å²) in [6, 6.07) is 1.88. The molecule has 5 heteroatoms. The van der Waals surface area contributed by atoms with Crippen molar-refractivity contribution in [3.05, 3.63) is 16.1 Å². The molecule has 1 fully saturated rings. The van der Waals surface area contributed by atoms with Gasteiger partial charge in [-0.3, -0.25) is 0 Å². The zero-order valence-corrected chi connectivity index (χ0v) is 12.9. The number of phenolic OH excluding ortho intramolecular Hbond substituents is 1. The molecule has 1 aliphatic heterocycles. The van der Waals surface area contributed by atoms with E-state index in [1.165, 1.54) is 0 Å². The number of hydrogen-bond donors (Lipinski definition) is 2. The molecule has 0 aromatic heterocycles. The molecule has 0 amide bonds. The maximum absolute atomic E-state index is 10.3. The number of benzene rings is 1. The Balaban J connectivity index is 2.26. The molecule has 2 N–H and O–H groups in total. The number of nitrogens with one attached hydrogen (secondary N) is 1. The van der Waals surface area contributed by atoms with Gasteiger partial charge in [0.1, 0.15) is 10.2 Å². The second-order valence-electron chi connectivity index (χ2n) is 4.83. The number of rotatable bonds is 4. The van der Waals surface area contributed by atoms with Crippen LogP contribution < -0.4 is 14.8 Å². The molecule has 1 saturated heterocycles. The van der Waals surface area contributed by atoms with E-state index in [9.17, 15) is 5.11 Å². The van der Waals surface area contributed by atoms with E-state index in [-0.39, 0.29) is 5.75 Å². The van der Waals surface area contributed by atoms with Gasteiger partial charge in [-0.15, -0.1) is 0 Å². The summed E-state index contributed by atoms with van der Waals surface area (Å²) in [6.45, 7) is 2.11. The average Bonchev–Trinajstić information content (AvgIpc) is 2.45. The van der Waals surface area contributed by atoms with Crippen LogP contribution in [0.25, 0.3) is 0 Å². The first-order valence-corrected chi connectivity index (χ1v) is 7.29. The zero-order chi connectivity index (χ0) is 13.8. The minimum Gasteiger partial charge on any atom is -0.506 e. The minimum atomic E-state index is 0.260. The number of piperidine rings is 1. The van der Waals surface area contributed by atoms with Crippen LogP contribution in [0.2, 0.25) is 0 Å². The Hall–Kier alpha value is -0.940. The Kier molecular flexibility index (Phi) is 4.93. The molecule has 0 spiro atoms. The highest BCUT2D eigenvalue weighted by atomic mass is 79.9. The second-order valence-corrected chi connectivity index (χ2v) is 5.62. The third-order valence-corrected chi connectivity index (χ3v) is 4.37. The number of methoxy groups -OCH3 is 2. The molecule has 1 aliphatic rings. The Morgan fingerprint density at radius 1 is 1.32 bits per heavy atom. The predicted molar refractivity (Wildman–Crippen MR) is 78.2 cm³/mol. The van der Waals surface area contributed by atoms with Crippen molar-refractivity contribution in [2.45, 2.75) is 19.3 Å². The van der Waals surface area contributed by atoms with E-state index in [1.54, 1.807) is 14.2 Å². The number of ether oxygens (including phenoxy) is 2. The summed E-state index contributed by atoms with van der Waals surface area (Å²) in [6.07, 6.45) is 3.16. The molecule has 1 heterocycles. The molecule has 106 valence electrons. The van der Waals surface area contributed by atoms with Gasteiger partial charge in [-0.05, 0) is 65.8 Å². The largest absolute Gasteiger partial charge is 0.506 e. The molecule has 1 aromatic carbocycles. The van der Waals surface area contributed by atoms with Gasteiger partial charge in [0.25, 0.3) is 0 Å². The SMILES string of the molecule is COc1cc(CC2CCNCC2)c(O)c(Br)c1OC. The number of halogens is 1. The van der Waals surface area contributed by atoms with E-state index >= 15 is 0 Å². The molecule has 0 radical (unpaired) electrons. The van der Waals surface area contributed by atoms with E-state index < -0.39 is 0 Å². The summed E-state index contributed by atoms with van der Waals surface area (Å²) >= 11 is 3.38. The van der Waals surface area contributed by atoms with Crippen molar-refractivity contribution in [3.8, 4) is 17.2 Å². The highest BCUT2D eigenvalue weighted by molar-refractivity contribution is 9.10. The van der Waals surface area contributed by atoms with Crippen LogP contribution in [0.1, 0.15) is 18.4 Å². The van der Waals surface area contributed by atoms with Crippen LogP contribution in [-0.4, -0.2) is 32.4 Å². The summed E-state index contributed by atoms with van der Waals surface area (Å²) in [7, 11) is 3.17. The fraction of sp³-hybridized carbons (Fsp3) is 0.571. The third kappa shape index (κ3) is 3.15. The van der Waals surface area contributed by atoms with Gasteiger partial charge in [-0.1, -0.05) is 0 Å². The molecule has 0 bridgehead atoms. The number of phenols is 1. The molecule has 0 aliphatic carbocycles. The summed E-state index contributed by atoms with van der Waals surface area (Å²) in [5.41, 5.74) is 0.913. The summed E-state index contributed by atoms with van der Waals surface area (Å²) < 4.78 is 11.1.